The number of piperidine rings is 1. The lowest BCUT2D eigenvalue weighted by atomic mass is 10.1. The number of nitrogens with zero attached hydrogens (tertiary/aromatic N) is 1. The van der Waals surface area contributed by atoms with Crippen LogP contribution in [0.15, 0.2) is 0 Å². The third kappa shape index (κ3) is 9.28. The van der Waals surface area contributed by atoms with Gasteiger partial charge in [-0.2, -0.15) is 0 Å². The van der Waals surface area contributed by atoms with Gasteiger partial charge in [-0.05, 0) is 45.3 Å². The van der Waals surface area contributed by atoms with Gasteiger partial charge >= 0.3 is 6.09 Å². The predicted octanol–water partition coefficient (Wildman–Crippen LogP) is 1.50. The number of nitrogens with one attached hydrogen (secondary N) is 2. The number of carbonyl (C=O) groups is 2. The van der Waals surface area contributed by atoms with Crippen molar-refractivity contribution in [2.75, 3.05) is 39.8 Å². The Bertz CT molecular complexity index is 305. The van der Waals surface area contributed by atoms with Gasteiger partial charge in [-0.3, -0.25) is 4.79 Å². The maximum atomic E-state index is 11.5. The molecule has 1 rings (SSSR count). The van der Waals surface area contributed by atoms with Gasteiger partial charge in [0.2, 0.25) is 5.91 Å². The van der Waals surface area contributed by atoms with Crippen molar-refractivity contribution >= 4 is 12.0 Å². The molecule has 6 heteroatoms. The number of methoxy groups -OCH3 is 1. The van der Waals surface area contributed by atoms with Crippen LogP contribution in [0, 0.1) is 0 Å². The lowest BCUT2D eigenvalue weighted by Crippen LogP contribution is -2.31. The summed E-state index contributed by atoms with van der Waals surface area (Å²) >= 11 is 0. The summed E-state index contributed by atoms with van der Waals surface area (Å²) in [6.45, 7) is 4.73. The molecule has 0 unspecified atom stereocenters. The number of hydrogen-bond acceptors (Lipinski definition) is 4. The van der Waals surface area contributed by atoms with Crippen molar-refractivity contribution in [1.29, 1.82) is 0 Å². The second kappa shape index (κ2) is 11.4. The molecule has 1 saturated heterocycles. The van der Waals surface area contributed by atoms with E-state index in [4.69, 9.17) is 0 Å². The van der Waals surface area contributed by atoms with E-state index in [1.54, 1.807) is 0 Å². The molecule has 122 valence electrons. The van der Waals surface area contributed by atoms with Crippen LogP contribution in [0.25, 0.3) is 0 Å². The molecule has 0 spiro atoms. The zero-order valence-electron chi connectivity index (χ0n) is 13.2. The largest absolute Gasteiger partial charge is 0.453 e. The van der Waals surface area contributed by atoms with E-state index in [-0.39, 0.29) is 5.91 Å². The van der Waals surface area contributed by atoms with Crippen molar-refractivity contribution in [2.24, 2.45) is 0 Å². The monoisotopic (exact) mass is 299 g/mol. The first kappa shape index (κ1) is 17.8. The number of hydrogen-bond donors (Lipinski definition) is 2. The Labute approximate surface area is 127 Å². The first-order chi connectivity index (χ1) is 10.2. The fourth-order valence-electron chi connectivity index (χ4n) is 2.49. The van der Waals surface area contributed by atoms with Gasteiger partial charge < -0.3 is 20.3 Å². The SMILES string of the molecule is COC(=O)NCCC(=O)NCCCCCN1CCCCC1. The average Bonchev–Trinajstić information content (AvgIpc) is 2.51. The summed E-state index contributed by atoms with van der Waals surface area (Å²) < 4.78 is 4.42. The minimum Gasteiger partial charge on any atom is -0.453 e. The zero-order chi connectivity index (χ0) is 15.3. The summed E-state index contributed by atoms with van der Waals surface area (Å²) in [5.41, 5.74) is 0. The summed E-state index contributed by atoms with van der Waals surface area (Å²) in [7, 11) is 1.30. The standard InChI is InChI=1S/C15H29N3O3/c1-21-15(20)17-10-8-14(19)16-9-4-2-5-11-18-12-6-3-7-13-18/h2-13H2,1H3,(H,16,19)(H,17,20). The summed E-state index contributed by atoms with van der Waals surface area (Å²) in [6.07, 6.45) is 7.24. The van der Waals surface area contributed by atoms with Crippen LogP contribution >= 0.6 is 0 Å². The normalized spacial score (nSPS) is 15.5. The molecule has 0 aromatic carbocycles. The molecule has 1 aliphatic heterocycles. The highest BCUT2D eigenvalue weighted by Crippen LogP contribution is 2.09. The smallest absolute Gasteiger partial charge is 0.406 e. The number of unbranched alkanes of at least 4 members (excludes halogenated alkanes) is 2. The van der Waals surface area contributed by atoms with Gasteiger partial charge in [0.15, 0.2) is 0 Å². The highest BCUT2D eigenvalue weighted by Gasteiger charge is 2.08. The second-order valence-electron chi connectivity index (χ2n) is 5.48. The Hall–Kier alpha value is -1.30. The molecule has 21 heavy (non-hydrogen) atoms. The third-order valence-electron chi connectivity index (χ3n) is 3.73. The van der Waals surface area contributed by atoms with E-state index in [1.807, 2.05) is 0 Å². The van der Waals surface area contributed by atoms with Gasteiger partial charge in [-0.25, -0.2) is 4.79 Å². The van der Waals surface area contributed by atoms with Crippen LogP contribution in [-0.4, -0.2) is 56.7 Å². The highest BCUT2D eigenvalue weighted by molar-refractivity contribution is 5.76. The van der Waals surface area contributed by atoms with E-state index in [1.165, 1.54) is 52.4 Å². The summed E-state index contributed by atoms with van der Waals surface area (Å²) in [5.74, 6) is -0.0255. The average molecular weight is 299 g/mol. The van der Waals surface area contributed by atoms with E-state index in [2.05, 4.69) is 20.3 Å². The summed E-state index contributed by atoms with van der Waals surface area (Å²) in [4.78, 5) is 24.8. The first-order valence-electron chi connectivity index (χ1n) is 8.03. The van der Waals surface area contributed by atoms with Gasteiger partial charge in [-0.15, -0.1) is 0 Å². The van der Waals surface area contributed by atoms with Gasteiger partial charge in [0.05, 0.1) is 7.11 Å². The summed E-state index contributed by atoms with van der Waals surface area (Å²) in [6, 6.07) is 0. The van der Waals surface area contributed by atoms with E-state index >= 15 is 0 Å². The Morgan fingerprint density at radius 3 is 2.48 bits per heavy atom. The molecule has 2 amide bonds. The predicted molar refractivity (Wildman–Crippen MR) is 82.2 cm³/mol. The number of carbonyl (C=O) groups excluding carboxylic acids is 2. The number of amides is 2. The van der Waals surface area contributed by atoms with Crippen LogP contribution in [0.4, 0.5) is 4.79 Å². The molecule has 0 bridgehead atoms. The van der Waals surface area contributed by atoms with E-state index in [0.29, 0.717) is 13.0 Å². The van der Waals surface area contributed by atoms with E-state index in [0.717, 1.165) is 19.4 Å². The molecular formula is C15H29N3O3. The van der Waals surface area contributed by atoms with Crippen molar-refractivity contribution in [2.45, 2.75) is 44.9 Å². The Morgan fingerprint density at radius 1 is 1.00 bits per heavy atom. The van der Waals surface area contributed by atoms with E-state index < -0.39 is 6.09 Å². The molecule has 0 radical (unpaired) electrons. The number of likely N-dealkylation sites (tertiary alicyclic amines) is 1. The number of alkyl carbamates (subject to hydrolysis) is 1. The minimum absolute atomic E-state index is 0.0255. The number of rotatable bonds is 9. The fraction of sp³-hybridized carbons (Fsp3) is 0.867. The Kier molecular flexibility index (Phi) is 9.61. The van der Waals surface area contributed by atoms with Crippen molar-refractivity contribution in [3.63, 3.8) is 0 Å². The second-order valence-corrected chi connectivity index (χ2v) is 5.48. The highest BCUT2D eigenvalue weighted by atomic mass is 16.5. The van der Waals surface area contributed by atoms with Crippen LogP contribution in [0.5, 0.6) is 0 Å². The topological polar surface area (TPSA) is 70.7 Å². The van der Waals surface area contributed by atoms with Crippen molar-refractivity contribution < 1.29 is 14.3 Å². The van der Waals surface area contributed by atoms with Gasteiger partial charge in [0.25, 0.3) is 0 Å². The van der Waals surface area contributed by atoms with Gasteiger partial charge in [-0.1, -0.05) is 12.8 Å². The lowest BCUT2D eigenvalue weighted by Gasteiger charge is -2.26. The van der Waals surface area contributed by atoms with Crippen LogP contribution in [0.1, 0.15) is 44.9 Å². The molecular weight excluding hydrogens is 270 g/mol. The zero-order valence-corrected chi connectivity index (χ0v) is 13.2. The molecule has 0 aliphatic carbocycles. The van der Waals surface area contributed by atoms with Gasteiger partial charge in [0.1, 0.15) is 0 Å². The maximum absolute atomic E-state index is 11.5. The van der Waals surface area contributed by atoms with E-state index in [9.17, 15) is 9.59 Å². The molecule has 1 heterocycles. The minimum atomic E-state index is -0.500. The third-order valence-corrected chi connectivity index (χ3v) is 3.73. The molecule has 0 aromatic rings. The van der Waals surface area contributed by atoms with Crippen LogP contribution in [0.2, 0.25) is 0 Å². The lowest BCUT2D eigenvalue weighted by molar-refractivity contribution is -0.120. The van der Waals surface area contributed by atoms with Crippen molar-refractivity contribution in [3.8, 4) is 0 Å². The number of ether oxygens (including phenoxy) is 1. The quantitative estimate of drug-likeness (QED) is 0.633. The summed E-state index contributed by atoms with van der Waals surface area (Å²) in [5, 5.41) is 5.35. The van der Waals surface area contributed by atoms with Crippen molar-refractivity contribution in [3.05, 3.63) is 0 Å². The van der Waals surface area contributed by atoms with Crippen LogP contribution < -0.4 is 10.6 Å². The van der Waals surface area contributed by atoms with Crippen LogP contribution in [-0.2, 0) is 9.53 Å². The molecule has 2 N–H and O–H groups in total. The van der Waals surface area contributed by atoms with Crippen LogP contribution in [0.3, 0.4) is 0 Å². The fourth-order valence-corrected chi connectivity index (χ4v) is 2.49. The molecule has 0 saturated carbocycles. The molecule has 6 nitrogen and oxygen atoms in total. The maximum Gasteiger partial charge on any atom is 0.406 e. The van der Waals surface area contributed by atoms with Crippen molar-refractivity contribution in [1.82, 2.24) is 15.5 Å². The molecule has 1 aliphatic rings. The molecule has 0 atom stereocenters. The Morgan fingerprint density at radius 2 is 1.76 bits per heavy atom. The first-order valence-corrected chi connectivity index (χ1v) is 8.03. The molecule has 1 fully saturated rings. The van der Waals surface area contributed by atoms with Gasteiger partial charge in [0, 0.05) is 19.5 Å². The Balaban J connectivity index is 1.86. The molecule has 0 aromatic heterocycles.